The molecule has 2 heterocycles. The number of hydrogen-bond donors (Lipinski definition) is 3. The molecule has 3 N–H and O–H groups in total. The molecule has 36 heavy (non-hydrogen) atoms. The Morgan fingerprint density at radius 2 is 1.83 bits per heavy atom. The number of carboxylic acids is 2. The molecule has 5 atom stereocenters. The molecule has 0 spiro atoms. The summed E-state index contributed by atoms with van der Waals surface area (Å²) in [5, 5.41) is 22.5. The van der Waals surface area contributed by atoms with E-state index in [0.717, 1.165) is 24.8 Å². The minimum atomic E-state index is -1.07. The fraction of sp³-hybridized carbons (Fsp3) is 0.630. The molecule has 2 amide bonds. The molecule has 3 rings (SSSR count). The Labute approximate surface area is 212 Å². The van der Waals surface area contributed by atoms with Gasteiger partial charge in [-0.15, -0.1) is 0 Å². The molecular weight excluding hydrogens is 462 g/mol. The summed E-state index contributed by atoms with van der Waals surface area (Å²) in [5.41, 5.74) is 1.00. The van der Waals surface area contributed by atoms with Crippen LogP contribution >= 0.6 is 0 Å². The molecule has 0 radical (unpaired) electrons. The van der Waals surface area contributed by atoms with Crippen LogP contribution in [0.1, 0.15) is 64.4 Å². The fourth-order valence-electron chi connectivity index (χ4n) is 5.48. The third kappa shape index (κ3) is 6.84. The van der Waals surface area contributed by atoms with Crippen molar-refractivity contribution in [1.29, 1.82) is 0 Å². The number of likely N-dealkylation sites (tertiary alicyclic amines) is 2. The lowest BCUT2D eigenvalue weighted by atomic mass is 9.91. The van der Waals surface area contributed by atoms with E-state index < -0.39 is 36.0 Å². The van der Waals surface area contributed by atoms with Gasteiger partial charge in [-0.05, 0) is 50.5 Å². The monoisotopic (exact) mass is 501 g/mol. The van der Waals surface area contributed by atoms with Gasteiger partial charge in [0.25, 0.3) is 0 Å². The van der Waals surface area contributed by atoms with Gasteiger partial charge in [-0.1, -0.05) is 50.1 Å². The zero-order valence-corrected chi connectivity index (χ0v) is 21.3. The summed E-state index contributed by atoms with van der Waals surface area (Å²) in [6.07, 6.45) is 5.13. The third-order valence-electron chi connectivity index (χ3n) is 7.51. The number of rotatable bonds is 12. The van der Waals surface area contributed by atoms with Crippen LogP contribution in [0.25, 0.3) is 0 Å². The molecule has 0 saturated carbocycles. The van der Waals surface area contributed by atoms with Crippen LogP contribution in [0.5, 0.6) is 0 Å². The zero-order chi connectivity index (χ0) is 26.2. The van der Waals surface area contributed by atoms with Gasteiger partial charge in [0.05, 0.1) is 12.1 Å². The summed E-state index contributed by atoms with van der Waals surface area (Å²) in [6.45, 7) is 4.57. The van der Waals surface area contributed by atoms with E-state index in [2.05, 4.69) is 12.2 Å². The van der Waals surface area contributed by atoms with Crippen molar-refractivity contribution in [3.05, 3.63) is 35.9 Å². The second kappa shape index (κ2) is 12.9. The lowest BCUT2D eigenvalue weighted by Gasteiger charge is -2.40. The molecule has 2 saturated heterocycles. The number of benzene rings is 1. The Morgan fingerprint density at radius 1 is 1.11 bits per heavy atom. The van der Waals surface area contributed by atoms with Gasteiger partial charge in [-0.3, -0.25) is 19.7 Å². The van der Waals surface area contributed by atoms with E-state index in [0.29, 0.717) is 45.2 Å². The Balaban J connectivity index is 1.68. The standard InChI is InChI=1S/C27H39N3O6/c1-3-4-6-11-24(31)29-15-14-20-16-22(27(35)36)30(23(20)17-29)25(32)18(2)28-21(26(33)34)13-12-19-9-7-5-8-10-19/h5,7-10,18,20-23,28H,3-4,6,11-17H2,1-2H3,(H,33,34)(H,35,36)/t18-,20+,21-,22+,23+/m0/s1. The van der Waals surface area contributed by atoms with Gasteiger partial charge in [0.1, 0.15) is 12.1 Å². The topological polar surface area (TPSA) is 127 Å². The molecule has 1 aromatic rings. The molecule has 0 unspecified atom stereocenters. The van der Waals surface area contributed by atoms with Crippen molar-refractivity contribution in [1.82, 2.24) is 15.1 Å². The number of carbonyl (C=O) groups excluding carboxylic acids is 2. The van der Waals surface area contributed by atoms with Gasteiger partial charge in [-0.25, -0.2) is 4.79 Å². The van der Waals surface area contributed by atoms with E-state index in [1.807, 2.05) is 30.3 Å². The number of nitrogens with one attached hydrogen (secondary N) is 1. The molecule has 9 nitrogen and oxygen atoms in total. The highest BCUT2D eigenvalue weighted by Gasteiger charge is 2.50. The normalized spacial score (nSPS) is 23.1. The van der Waals surface area contributed by atoms with Crippen molar-refractivity contribution in [3.63, 3.8) is 0 Å². The van der Waals surface area contributed by atoms with Gasteiger partial charge in [0, 0.05) is 19.5 Å². The summed E-state index contributed by atoms with van der Waals surface area (Å²) in [6, 6.07) is 6.35. The molecule has 0 aliphatic carbocycles. The second-order valence-corrected chi connectivity index (χ2v) is 10.1. The van der Waals surface area contributed by atoms with E-state index in [4.69, 9.17) is 0 Å². The van der Waals surface area contributed by atoms with E-state index in [1.54, 1.807) is 11.8 Å². The minimum absolute atomic E-state index is 0.00953. The number of fused-ring (bicyclic) bond motifs is 1. The van der Waals surface area contributed by atoms with Crippen LogP contribution in [-0.4, -0.2) is 81.0 Å². The van der Waals surface area contributed by atoms with Crippen LogP contribution in [0.4, 0.5) is 0 Å². The molecule has 198 valence electrons. The highest BCUT2D eigenvalue weighted by Crippen LogP contribution is 2.37. The number of aryl methyl sites for hydroxylation is 1. The van der Waals surface area contributed by atoms with Crippen LogP contribution in [0.2, 0.25) is 0 Å². The van der Waals surface area contributed by atoms with E-state index >= 15 is 0 Å². The smallest absolute Gasteiger partial charge is 0.326 e. The summed E-state index contributed by atoms with van der Waals surface area (Å²) in [5.74, 6) is -2.49. The molecule has 2 fully saturated rings. The highest BCUT2D eigenvalue weighted by atomic mass is 16.4. The van der Waals surface area contributed by atoms with Crippen LogP contribution in [-0.2, 0) is 25.6 Å². The summed E-state index contributed by atoms with van der Waals surface area (Å²) in [4.78, 5) is 53.4. The maximum Gasteiger partial charge on any atom is 0.326 e. The van der Waals surface area contributed by atoms with Crippen molar-refractivity contribution in [3.8, 4) is 0 Å². The van der Waals surface area contributed by atoms with Crippen LogP contribution in [0, 0.1) is 5.92 Å². The van der Waals surface area contributed by atoms with E-state index in [9.17, 15) is 29.4 Å². The molecule has 0 bridgehead atoms. The predicted molar refractivity (Wildman–Crippen MR) is 134 cm³/mol. The molecule has 2 aliphatic rings. The number of unbranched alkanes of at least 4 members (excludes halogenated alkanes) is 2. The van der Waals surface area contributed by atoms with Crippen molar-refractivity contribution < 1.29 is 29.4 Å². The summed E-state index contributed by atoms with van der Waals surface area (Å²) in [7, 11) is 0. The fourth-order valence-corrected chi connectivity index (χ4v) is 5.48. The molecule has 1 aromatic carbocycles. The molecule has 9 heteroatoms. The third-order valence-corrected chi connectivity index (χ3v) is 7.51. The molecule has 2 aliphatic heterocycles. The number of amides is 2. The minimum Gasteiger partial charge on any atom is -0.480 e. The van der Waals surface area contributed by atoms with Crippen LogP contribution in [0.3, 0.4) is 0 Å². The maximum absolute atomic E-state index is 13.5. The van der Waals surface area contributed by atoms with Gasteiger partial charge in [-0.2, -0.15) is 0 Å². The summed E-state index contributed by atoms with van der Waals surface area (Å²) >= 11 is 0. The Kier molecular flexibility index (Phi) is 9.87. The van der Waals surface area contributed by atoms with Gasteiger partial charge in [0.15, 0.2) is 0 Å². The van der Waals surface area contributed by atoms with Crippen LogP contribution in [0.15, 0.2) is 30.3 Å². The maximum atomic E-state index is 13.5. The average molecular weight is 502 g/mol. The molecule has 0 aromatic heterocycles. The Morgan fingerprint density at radius 3 is 2.47 bits per heavy atom. The molecular formula is C27H39N3O6. The van der Waals surface area contributed by atoms with Gasteiger partial charge in [0.2, 0.25) is 11.8 Å². The first-order chi connectivity index (χ1) is 17.2. The largest absolute Gasteiger partial charge is 0.480 e. The number of carboxylic acid groups (broad SMARTS) is 2. The van der Waals surface area contributed by atoms with Crippen molar-refractivity contribution in [2.24, 2.45) is 5.92 Å². The number of carbonyl (C=O) groups is 4. The lowest BCUT2D eigenvalue weighted by Crippen LogP contribution is -2.58. The number of nitrogens with zero attached hydrogens (tertiary/aromatic N) is 2. The SMILES string of the molecule is CCCCCC(=O)N1CC[C@@H]2C[C@H](C(=O)O)N(C(=O)[C@H](C)N[C@@H](CCc3ccccc3)C(=O)O)[C@@H]2C1. The number of piperidine rings is 1. The summed E-state index contributed by atoms with van der Waals surface area (Å²) < 4.78 is 0. The van der Waals surface area contributed by atoms with Crippen molar-refractivity contribution in [2.75, 3.05) is 13.1 Å². The van der Waals surface area contributed by atoms with E-state index in [-0.39, 0.29) is 17.9 Å². The van der Waals surface area contributed by atoms with Gasteiger partial charge < -0.3 is 20.0 Å². The number of hydrogen-bond acceptors (Lipinski definition) is 5. The van der Waals surface area contributed by atoms with Crippen molar-refractivity contribution in [2.45, 2.75) is 89.4 Å². The zero-order valence-electron chi connectivity index (χ0n) is 21.3. The first kappa shape index (κ1) is 27.6. The predicted octanol–water partition coefficient (Wildman–Crippen LogP) is 2.53. The van der Waals surface area contributed by atoms with Gasteiger partial charge >= 0.3 is 11.9 Å². The van der Waals surface area contributed by atoms with E-state index in [1.165, 1.54) is 4.90 Å². The average Bonchev–Trinajstić information content (AvgIpc) is 3.25. The first-order valence-corrected chi connectivity index (χ1v) is 13.1. The Bertz CT molecular complexity index is 923. The van der Waals surface area contributed by atoms with Crippen molar-refractivity contribution >= 4 is 23.8 Å². The highest BCUT2D eigenvalue weighted by molar-refractivity contribution is 5.88. The first-order valence-electron chi connectivity index (χ1n) is 13.1. The quantitative estimate of drug-likeness (QED) is 0.376. The van der Waals surface area contributed by atoms with Crippen LogP contribution < -0.4 is 5.32 Å². The Hall–Kier alpha value is -2.94. The number of aliphatic carboxylic acids is 2. The second-order valence-electron chi connectivity index (χ2n) is 10.1. The lowest BCUT2D eigenvalue weighted by molar-refractivity contribution is -0.152.